The SMILES string of the molecule is O=[N+]([O-])c1cc(-c2ccccc2)c([N]Sc2ccc(Cl)cc2Cl)c(-c2ccccc2)c1. The van der Waals surface area contributed by atoms with Crippen LogP contribution >= 0.6 is 35.1 Å². The maximum absolute atomic E-state index is 11.7. The van der Waals surface area contributed by atoms with E-state index in [4.69, 9.17) is 27.9 Å². The van der Waals surface area contributed by atoms with Gasteiger partial charge in [0, 0.05) is 45.1 Å². The molecule has 4 aromatic carbocycles. The van der Waals surface area contributed by atoms with Gasteiger partial charge in [-0.2, -0.15) is 0 Å². The van der Waals surface area contributed by atoms with Crippen LogP contribution in [0.3, 0.4) is 0 Å². The first-order chi connectivity index (χ1) is 15.0. The van der Waals surface area contributed by atoms with Gasteiger partial charge in [0.25, 0.3) is 5.69 Å². The largest absolute Gasteiger partial charge is 0.270 e. The fraction of sp³-hybridized carbons (Fsp3) is 0. The maximum atomic E-state index is 11.7. The second-order valence-electron chi connectivity index (χ2n) is 6.64. The van der Waals surface area contributed by atoms with Crippen molar-refractivity contribution in [3.63, 3.8) is 0 Å². The van der Waals surface area contributed by atoms with Gasteiger partial charge in [0.2, 0.25) is 0 Å². The van der Waals surface area contributed by atoms with Crippen LogP contribution in [-0.4, -0.2) is 4.92 Å². The second kappa shape index (κ2) is 9.43. The molecule has 0 saturated heterocycles. The Bertz CT molecular complexity index is 1170. The molecule has 4 nitrogen and oxygen atoms in total. The van der Waals surface area contributed by atoms with Crippen molar-refractivity contribution in [1.82, 2.24) is 4.72 Å². The van der Waals surface area contributed by atoms with Gasteiger partial charge in [-0.25, -0.2) is 4.72 Å². The number of nitro benzene ring substituents is 1. The number of nitro groups is 1. The van der Waals surface area contributed by atoms with Crippen LogP contribution in [0.15, 0.2) is 95.9 Å². The van der Waals surface area contributed by atoms with Gasteiger partial charge in [-0.05, 0) is 29.3 Å². The number of non-ortho nitro benzene ring substituents is 1. The number of hydrogen-bond acceptors (Lipinski definition) is 3. The van der Waals surface area contributed by atoms with Crippen LogP contribution in [0.1, 0.15) is 0 Å². The predicted octanol–water partition coefficient (Wildman–Crippen LogP) is 8.18. The Hall–Kier alpha value is -2.99. The molecule has 153 valence electrons. The third-order valence-electron chi connectivity index (χ3n) is 4.60. The highest BCUT2D eigenvalue weighted by atomic mass is 35.5. The van der Waals surface area contributed by atoms with Crippen LogP contribution in [0.2, 0.25) is 10.0 Å². The fourth-order valence-corrected chi connectivity index (χ4v) is 4.32. The van der Waals surface area contributed by atoms with Crippen molar-refractivity contribution in [3.05, 3.63) is 111 Å². The summed E-state index contributed by atoms with van der Waals surface area (Å²) in [4.78, 5) is 12.0. The predicted molar refractivity (Wildman–Crippen MR) is 128 cm³/mol. The molecule has 0 heterocycles. The lowest BCUT2D eigenvalue weighted by Crippen LogP contribution is -1.97. The number of hydrogen-bond donors (Lipinski definition) is 0. The third-order valence-corrected chi connectivity index (χ3v) is 6.09. The molecule has 0 N–H and O–H groups in total. The summed E-state index contributed by atoms with van der Waals surface area (Å²) < 4.78 is 4.79. The summed E-state index contributed by atoms with van der Waals surface area (Å²) in [5.41, 5.74) is 3.66. The van der Waals surface area contributed by atoms with E-state index in [0.717, 1.165) is 16.0 Å². The number of halogens is 2. The molecule has 0 saturated carbocycles. The molecule has 0 bridgehead atoms. The highest BCUT2D eigenvalue weighted by Crippen LogP contribution is 2.43. The van der Waals surface area contributed by atoms with Crippen LogP contribution in [0.5, 0.6) is 0 Å². The molecule has 0 aliphatic rings. The van der Waals surface area contributed by atoms with Gasteiger partial charge in [0.05, 0.1) is 15.6 Å². The zero-order chi connectivity index (χ0) is 21.8. The van der Waals surface area contributed by atoms with Crippen molar-refractivity contribution in [3.8, 4) is 22.3 Å². The van der Waals surface area contributed by atoms with Crippen LogP contribution in [-0.2, 0) is 0 Å². The van der Waals surface area contributed by atoms with Crippen LogP contribution < -0.4 is 4.72 Å². The van der Waals surface area contributed by atoms with Crippen molar-refractivity contribution in [2.45, 2.75) is 4.90 Å². The molecule has 0 spiro atoms. The minimum Gasteiger partial charge on any atom is -0.258 e. The summed E-state index contributed by atoms with van der Waals surface area (Å²) in [6.45, 7) is 0. The Morgan fingerprint density at radius 3 is 1.81 bits per heavy atom. The van der Waals surface area contributed by atoms with Gasteiger partial charge in [0.15, 0.2) is 0 Å². The molecular weight excluding hydrogens is 451 g/mol. The van der Waals surface area contributed by atoms with Gasteiger partial charge in [0.1, 0.15) is 0 Å². The summed E-state index contributed by atoms with van der Waals surface area (Å²) in [7, 11) is 0. The van der Waals surface area contributed by atoms with Crippen molar-refractivity contribution in [2.75, 3.05) is 0 Å². The molecular formula is C24H15Cl2N2O2S. The van der Waals surface area contributed by atoms with Crippen molar-refractivity contribution in [2.24, 2.45) is 0 Å². The minimum atomic E-state index is -0.383. The van der Waals surface area contributed by atoms with E-state index >= 15 is 0 Å². The van der Waals surface area contributed by atoms with Crippen LogP contribution in [0.25, 0.3) is 22.3 Å². The highest BCUT2D eigenvalue weighted by Gasteiger charge is 2.20. The monoisotopic (exact) mass is 465 g/mol. The molecule has 0 aromatic heterocycles. The Morgan fingerprint density at radius 2 is 1.32 bits per heavy atom. The van der Waals surface area contributed by atoms with E-state index in [-0.39, 0.29) is 10.6 Å². The summed E-state index contributed by atoms with van der Waals surface area (Å²) in [5.74, 6) is 0. The van der Waals surface area contributed by atoms with Crippen molar-refractivity contribution < 1.29 is 4.92 Å². The topological polar surface area (TPSA) is 57.2 Å². The molecule has 1 radical (unpaired) electrons. The molecule has 0 aliphatic heterocycles. The fourth-order valence-electron chi connectivity index (χ4n) is 3.14. The lowest BCUT2D eigenvalue weighted by Gasteiger charge is -2.15. The molecule has 7 heteroatoms. The van der Waals surface area contributed by atoms with E-state index in [2.05, 4.69) is 0 Å². The minimum absolute atomic E-state index is 0.00572. The van der Waals surface area contributed by atoms with Gasteiger partial charge >= 0.3 is 0 Å². The van der Waals surface area contributed by atoms with E-state index in [9.17, 15) is 10.1 Å². The maximum Gasteiger partial charge on any atom is 0.270 e. The summed E-state index contributed by atoms with van der Waals surface area (Å²) in [6.07, 6.45) is 0. The summed E-state index contributed by atoms with van der Waals surface area (Å²) in [6, 6.07) is 27.3. The van der Waals surface area contributed by atoms with Crippen LogP contribution in [0, 0.1) is 10.1 Å². The quantitative estimate of drug-likeness (QED) is 0.164. The first-order valence-corrected chi connectivity index (χ1v) is 10.8. The molecule has 31 heavy (non-hydrogen) atoms. The third kappa shape index (κ3) is 4.85. The van der Waals surface area contributed by atoms with Gasteiger partial charge < -0.3 is 0 Å². The highest BCUT2D eigenvalue weighted by molar-refractivity contribution is 7.97. The lowest BCUT2D eigenvalue weighted by atomic mass is 9.95. The lowest BCUT2D eigenvalue weighted by molar-refractivity contribution is -0.384. The zero-order valence-corrected chi connectivity index (χ0v) is 18.4. The smallest absolute Gasteiger partial charge is 0.258 e. The number of benzene rings is 4. The Morgan fingerprint density at radius 1 is 0.774 bits per heavy atom. The number of nitrogens with zero attached hydrogens (tertiary/aromatic N) is 2. The summed E-state index contributed by atoms with van der Waals surface area (Å²) in [5, 5.41) is 12.7. The van der Waals surface area contributed by atoms with E-state index < -0.39 is 0 Å². The molecule has 4 rings (SSSR count). The van der Waals surface area contributed by atoms with Crippen molar-refractivity contribution in [1.29, 1.82) is 0 Å². The van der Waals surface area contributed by atoms with E-state index in [1.807, 2.05) is 60.7 Å². The first kappa shape index (κ1) is 21.2. The van der Waals surface area contributed by atoms with E-state index in [0.29, 0.717) is 26.9 Å². The van der Waals surface area contributed by atoms with Gasteiger partial charge in [-0.3, -0.25) is 10.1 Å². The molecule has 0 atom stereocenters. The molecule has 4 aromatic rings. The Balaban J connectivity index is 1.88. The normalized spacial score (nSPS) is 10.6. The summed E-state index contributed by atoms with van der Waals surface area (Å²) >= 11 is 13.5. The molecule has 0 unspecified atom stereocenters. The van der Waals surface area contributed by atoms with E-state index in [1.54, 1.807) is 30.3 Å². The van der Waals surface area contributed by atoms with Gasteiger partial charge in [-0.15, -0.1) is 0 Å². The standard InChI is InChI=1S/C24H15Cl2N2O2S/c25-18-11-12-23(22(26)13-18)31-27-24-20(16-7-3-1-4-8-16)14-19(28(29)30)15-21(24)17-9-5-2-6-10-17/h1-15H. The Kier molecular flexibility index (Phi) is 6.47. The van der Waals surface area contributed by atoms with Crippen molar-refractivity contribution >= 4 is 46.5 Å². The molecule has 0 fully saturated rings. The van der Waals surface area contributed by atoms with E-state index in [1.165, 1.54) is 11.9 Å². The van der Waals surface area contributed by atoms with Gasteiger partial charge in [-0.1, -0.05) is 83.9 Å². The molecule has 0 aliphatic carbocycles. The zero-order valence-electron chi connectivity index (χ0n) is 16.0. The average Bonchev–Trinajstić information content (AvgIpc) is 2.79. The second-order valence-corrected chi connectivity index (χ2v) is 8.28. The first-order valence-electron chi connectivity index (χ1n) is 9.29. The van der Waals surface area contributed by atoms with Crippen LogP contribution in [0.4, 0.5) is 11.4 Å². The molecule has 0 amide bonds. The Labute approximate surface area is 194 Å². The average molecular weight is 466 g/mol. The number of rotatable bonds is 6.